The highest BCUT2D eigenvalue weighted by atomic mass is 19.4. The molecule has 1 atom stereocenters. The Bertz CT molecular complexity index is 646. The Balaban J connectivity index is 2.03. The van der Waals surface area contributed by atoms with Gasteiger partial charge in [0.15, 0.2) is 11.6 Å². The Labute approximate surface area is 144 Å². The highest BCUT2D eigenvalue weighted by Crippen LogP contribution is 2.33. The van der Waals surface area contributed by atoms with Crippen LogP contribution in [0.5, 0.6) is 0 Å². The van der Waals surface area contributed by atoms with E-state index in [1.807, 2.05) is 19.1 Å². The Kier molecular flexibility index (Phi) is 6.76. The van der Waals surface area contributed by atoms with Crippen molar-refractivity contribution in [1.29, 1.82) is 0 Å². The third-order valence-corrected chi connectivity index (χ3v) is 4.21. The van der Waals surface area contributed by atoms with Crippen molar-refractivity contribution in [2.45, 2.75) is 45.4 Å². The van der Waals surface area contributed by atoms with Gasteiger partial charge in [-0.1, -0.05) is 30.4 Å². The normalized spacial score (nSPS) is 18.6. The molecule has 2 rings (SSSR count). The van der Waals surface area contributed by atoms with E-state index in [-0.39, 0.29) is 17.7 Å². The van der Waals surface area contributed by atoms with Gasteiger partial charge < -0.3 is 4.74 Å². The van der Waals surface area contributed by atoms with E-state index in [9.17, 15) is 22.0 Å². The lowest BCUT2D eigenvalue weighted by molar-refractivity contribution is -0.146. The van der Waals surface area contributed by atoms with Crippen LogP contribution in [-0.2, 0) is 11.3 Å². The van der Waals surface area contributed by atoms with Crippen LogP contribution in [0.3, 0.4) is 0 Å². The van der Waals surface area contributed by atoms with Crippen LogP contribution >= 0.6 is 0 Å². The second-order valence-electron chi connectivity index (χ2n) is 6.11. The van der Waals surface area contributed by atoms with Gasteiger partial charge in [-0.3, -0.25) is 0 Å². The fraction of sp³-hybridized carbons (Fsp3) is 0.474. The first-order chi connectivity index (χ1) is 11.8. The number of rotatable bonds is 6. The fourth-order valence-electron chi connectivity index (χ4n) is 2.86. The average Bonchev–Trinajstić information content (AvgIpc) is 2.56. The summed E-state index contributed by atoms with van der Waals surface area (Å²) in [5, 5.41) is 0. The molecule has 0 fully saturated rings. The van der Waals surface area contributed by atoms with E-state index in [2.05, 4.69) is 6.08 Å². The van der Waals surface area contributed by atoms with Crippen LogP contribution in [0, 0.1) is 17.6 Å². The van der Waals surface area contributed by atoms with Crippen molar-refractivity contribution < 1.29 is 26.7 Å². The summed E-state index contributed by atoms with van der Waals surface area (Å²) >= 11 is 0. The van der Waals surface area contributed by atoms with Gasteiger partial charge in [-0.05, 0) is 37.7 Å². The summed E-state index contributed by atoms with van der Waals surface area (Å²) in [5.74, 6) is -1.60. The third-order valence-electron chi connectivity index (χ3n) is 4.21. The average molecular weight is 360 g/mol. The highest BCUT2D eigenvalue weighted by Gasteiger charge is 2.26. The van der Waals surface area contributed by atoms with Crippen molar-refractivity contribution in [2.24, 2.45) is 5.92 Å². The van der Waals surface area contributed by atoms with Crippen LogP contribution in [0.15, 0.2) is 30.4 Å². The van der Waals surface area contributed by atoms with Crippen LogP contribution in [0.4, 0.5) is 22.0 Å². The van der Waals surface area contributed by atoms with Crippen LogP contribution in [0.1, 0.15) is 43.7 Å². The van der Waals surface area contributed by atoms with Gasteiger partial charge in [0.2, 0.25) is 0 Å². The first kappa shape index (κ1) is 19.6. The maximum atomic E-state index is 14.3. The van der Waals surface area contributed by atoms with Crippen LogP contribution in [0.25, 0.3) is 5.57 Å². The van der Waals surface area contributed by atoms with E-state index in [0.717, 1.165) is 18.4 Å². The first-order valence-electron chi connectivity index (χ1n) is 8.25. The lowest BCUT2D eigenvalue weighted by Crippen LogP contribution is -2.12. The molecular formula is C19H21F5O. The first-order valence-corrected chi connectivity index (χ1v) is 8.25. The molecule has 0 bridgehead atoms. The van der Waals surface area contributed by atoms with E-state index in [1.165, 1.54) is 12.1 Å². The van der Waals surface area contributed by atoms with Gasteiger partial charge in [-0.25, -0.2) is 8.78 Å². The molecule has 0 heterocycles. The van der Waals surface area contributed by atoms with Crippen LogP contribution in [-0.4, -0.2) is 12.8 Å². The summed E-state index contributed by atoms with van der Waals surface area (Å²) in [6, 6.07) is 2.85. The maximum absolute atomic E-state index is 14.3. The van der Waals surface area contributed by atoms with E-state index < -0.39 is 30.8 Å². The smallest absolute Gasteiger partial charge is 0.376 e. The van der Waals surface area contributed by atoms with E-state index in [0.29, 0.717) is 12.3 Å². The van der Waals surface area contributed by atoms with Crippen molar-refractivity contribution in [3.05, 3.63) is 53.1 Å². The lowest BCUT2D eigenvalue weighted by atomic mass is 9.86. The fourth-order valence-corrected chi connectivity index (χ4v) is 2.86. The number of allylic oxidation sites excluding steroid dienone is 4. The molecule has 1 aliphatic rings. The largest absolute Gasteiger partial charge is 0.391 e. The molecule has 138 valence electrons. The zero-order valence-corrected chi connectivity index (χ0v) is 14.0. The molecule has 1 aliphatic carbocycles. The van der Waals surface area contributed by atoms with Gasteiger partial charge >= 0.3 is 6.18 Å². The van der Waals surface area contributed by atoms with Gasteiger partial charge in [0.05, 0.1) is 19.6 Å². The van der Waals surface area contributed by atoms with Gasteiger partial charge in [0.25, 0.3) is 0 Å². The molecule has 6 heteroatoms. The predicted molar refractivity (Wildman–Crippen MR) is 86.8 cm³/mol. The van der Waals surface area contributed by atoms with Crippen molar-refractivity contribution in [3.63, 3.8) is 0 Å². The highest BCUT2D eigenvalue weighted by molar-refractivity contribution is 5.67. The summed E-state index contributed by atoms with van der Waals surface area (Å²) < 4.78 is 69.4. The molecule has 25 heavy (non-hydrogen) atoms. The predicted octanol–water partition coefficient (Wildman–Crippen LogP) is 6.19. The Morgan fingerprint density at radius 2 is 1.96 bits per heavy atom. The van der Waals surface area contributed by atoms with Crippen molar-refractivity contribution in [1.82, 2.24) is 0 Å². The SMILES string of the molecule is C/C=C/C1CC=C(c2ccc(COCCC(F)(F)F)c(F)c2F)CC1. The number of benzene rings is 1. The Hall–Kier alpha value is -1.69. The molecule has 0 N–H and O–H groups in total. The molecule has 0 saturated carbocycles. The molecule has 1 nitrogen and oxygen atoms in total. The Morgan fingerprint density at radius 1 is 1.20 bits per heavy atom. The topological polar surface area (TPSA) is 9.23 Å². The molecule has 1 aromatic carbocycles. The molecule has 0 radical (unpaired) electrons. The molecule has 0 spiro atoms. The number of hydrogen-bond donors (Lipinski definition) is 0. The maximum Gasteiger partial charge on any atom is 0.391 e. The van der Waals surface area contributed by atoms with E-state index in [4.69, 9.17) is 4.74 Å². The monoisotopic (exact) mass is 360 g/mol. The molecule has 0 aromatic heterocycles. The molecule has 0 aliphatic heterocycles. The lowest BCUT2D eigenvalue weighted by Gasteiger charge is -2.20. The number of hydrogen-bond acceptors (Lipinski definition) is 1. The van der Waals surface area contributed by atoms with Gasteiger partial charge in [0, 0.05) is 11.1 Å². The zero-order chi connectivity index (χ0) is 18.4. The van der Waals surface area contributed by atoms with E-state index >= 15 is 0 Å². The summed E-state index contributed by atoms with van der Waals surface area (Å²) in [7, 11) is 0. The van der Waals surface area contributed by atoms with Crippen LogP contribution in [0.2, 0.25) is 0 Å². The molecular weight excluding hydrogens is 339 g/mol. The van der Waals surface area contributed by atoms with Gasteiger partial charge in [0.1, 0.15) is 0 Å². The van der Waals surface area contributed by atoms with Gasteiger partial charge in [-0.2, -0.15) is 13.2 Å². The second-order valence-corrected chi connectivity index (χ2v) is 6.11. The minimum Gasteiger partial charge on any atom is -0.376 e. The number of alkyl halides is 3. The number of halogens is 5. The summed E-state index contributed by atoms with van der Waals surface area (Å²) in [6.45, 7) is 0.981. The molecule has 0 saturated heterocycles. The standard InChI is InChI=1S/C19H21F5O/c1-2-3-13-4-6-14(7-5-13)16-9-8-15(17(20)18(16)21)12-25-11-10-19(22,23)24/h2-3,6,8-9,13H,4-5,7,10-12H2,1H3/b3-2+. The van der Waals surface area contributed by atoms with Crippen molar-refractivity contribution in [3.8, 4) is 0 Å². The Morgan fingerprint density at radius 3 is 2.56 bits per heavy atom. The summed E-state index contributed by atoms with van der Waals surface area (Å²) in [6.07, 6.45) is 2.88. The number of ether oxygens (including phenoxy) is 1. The minimum absolute atomic E-state index is 0.0772. The zero-order valence-electron chi connectivity index (χ0n) is 14.0. The van der Waals surface area contributed by atoms with Gasteiger partial charge in [-0.15, -0.1) is 0 Å². The summed E-state index contributed by atoms with van der Waals surface area (Å²) in [5.41, 5.74) is 0.906. The summed E-state index contributed by atoms with van der Waals surface area (Å²) in [4.78, 5) is 0. The molecule has 0 amide bonds. The van der Waals surface area contributed by atoms with E-state index in [1.54, 1.807) is 0 Å². The quantitative estimate of drug-likeness (QED) is 0.334. The molecule has 1 unspecified atom stereocenters. The molecule has 1 aromatic rings. The van der Waals surface area contributed by atoms with Crippen LogP contribution < -0.4 is 0 Å². The minimum atomic E-state index is -4.33. The van der Waals surface area contributed by atoms with Crippen molar-refractivity contribution >= 4 is 5.57 Å². The second kappa shape index (κ2) is 8.61. The van der Waals surface area contributed by atoms with Crippen molar-refractivity contribution in [2.75, 3.05) is 6.61 Å². The third kappa shape index (κ3) is 5.66.